The lowest BCUT2D eigenvalue weighted by molar-refractivity contribution is 0.0765. The van der Waals surface area contributed by atoms with Crippen LogP contribution in [0.4, 0.5) is 0 Å². The van der Waals surface area contributed by atoms with Gasteiger partial charge in [-0.1, -0.05) is 24.3 Å². The number of benzene rings is 1. The van der Waals surface area contributed by atoms with Crippen LogP contribution in [-0.4, -0.2) is 47.0 Å². The van der Waals surface area contributed by atoms with Crippen molar-refractivity contribution in [3.63, 3.8) is 0 Å². The van der Waals surface area contributed by atoms with Crippen molar-refractivity contribution in [2.75, 3.05) is 26.7 Å². The average molecular weight is 402 g/mol. The summed E-state index contributed by atoms with van der Waals surface area (Å²) in [7, 11) is 3.90. The second kappa shape index (κ2) is 7.72. The van der Waals surface area contributed by atoms with Gasteiger partial charge in [-0.15, -0.1) is 12.4 Å². The van der Waals surface area contributed by atoms with Crippen molar-refractivity contribution in [3.05, 3.63) is 69.1 Å². The zero-order valence-electron chi connectivity index (χ0n) is 16.9. The van der Waals surface area contributed by atoms with Crippen LogP contribution in [0.5, 0.6) is 0 Å². The number of hydrogen-bond donors (Lipinski definition) is 0. The smallest absolute Gasteiger partial charge is 0.263 e. The van der Waals surface area contributed by atoms with Crippen LogP contribution in [0.25, 0.3) is 0 Å². The summed E-state index contributed by atoms with van der Waals surface area (Å²) in [4.78, 5) is 29.9. The van der Waals surface area contributed by atoms with Crippen LogP contribution in [0.1, 0.15) is 33.2 Å². The topological polar surface area (TPSA) is 45.6 Å². The van der Waals surface area contributed by atoms with Gasteiger partial charge >= 0.3 is 0 Å². The first-order valence-electron chi connectivity index (χ1n) is 9.60. The SMILES string of the molecule is Cc1ccccc1[C@@H]1[C@@H]2CN(C(=O)c3ccc(C)n(C)c3=O)C[C@@H]2CN1C.Cl. The third-order valence-electron chi connectivity index (χ3n) is 6.47. The first kappa shape index (κ1) is 20.6. The Morgan fingerprint density at radius 2 is 1.71 bits per heavy atom. The molecule has 3 heterocycles. The fourth-order valence-corrected chi connectivity index (χ4v) is 4.87. The molecule has 2 aliphatic heterocycles. The number of carbonyl (C=O) groups is 1. The molecule has 2 aliphatic rings. The van der Waals surface area contributed by atoms with Gasteiger partial charge in [0.25, 0.3) is 11.5 Å². The summed E-state index contributed by atoms with van der Waals surface area (Å²) in [5.41, 5.74) is 3.59. The number of carbonyl (C=O) groups excluding carboxylic acids is 1. The number of rotatable bonds is 2. The van der Waals surface area contributed by atoms with Crippen molar-refractivity contribution in [2.45, 2.75) is 19.9 Å². The normalized spacial score (nSPS) is 24.1. The molecule has 28 heavy (non-hydrogen) atoms. The molecule has 0 bridgehead atoms. The third kappa shape index (κ3) is 3.27. The molecule has 1 aromatic heterocycles. The number of fused-ring (bicyclic) bond motifs is 1. The molecule has 0 saturated carbocycles. The minimum atomic E-state index is -0.204. The predicted octanol–water partition coefficient (Wildman–Crippen LogP) is 2.80. The molecular weight excluding hydrogens is 374 g/mol. The summed E-state index contributed by atoms with van der Waals surface area (Å²) in [6, 6.07) is 12.4. The maximum Gasteiger partial charge on any atom is 0.263 e. The Labute approximate surface area is 172 Å². The number of likely N-dealkylation sites (tertiary alicyclic amines) is 2. The lowest BCUT2D eigenvalue weighted by atomic mass is 9.88. The maximum absolute atomic E-state index is 13.1. The van der Waals surface area contributed by atoms with E-state index in [1.807, 2.05) is 17.9 Å². The highest BCUT2D eigenvalue weighted by molar-refractivity contribution is 5.94. The quantitative estimate of drug-likeness (QED) is 0.777. The summed E-state index contributed by atoms with van der Waals surface area (Å²) in [6.07, 6.45) is 0. The molecule has 0 unspecified atom stereocenters. The number of amides is 1. The Bertz CT molecular complexity index is 955. The molecule has 0 radical (unpaired) electrons. The van der Waals surface area contributed by atoms with Gasteiger partial charge in [0, 0.05) is 44.3 Å². The second-order valence-electron chi connectivity index (χ2n) is 8.13. The fourth-order valence-electron chi connectivity index (χ4n) is 4.87. The van der Waals surface area contributed by atoms with Crippen LogP contribution in [0, 0.1) is 25.7 Å². The zero-order valence-corrected chi connectivity index (χ0v) is 17.7. The minimum absolute atomic E-state index is 0. The molecule has 0 N–H and O–H groups in total. The van der Waals surface area contributed by atoms with Crippen molar-refractivity contribution in [2.24, 2.45) is 18.9 Å². The monoisotopic (exact) mass is 401 g/mol. The van der Waals surface area contributed by atoms with E-state index in [2.05, 4.69) is 43.1 Å². The number of aryl methyl sites for hydroxylation is 2. The van der Waals surface area contributed by atoms with Crippen LogP contribution >= 0.6 is 12.4 Å². The molecular formula is C22H28ClN3O2. The first-order chi connectivity index (χ1) is 12.9. The van der Waals surface area contributed by atoms with Gasteiger partial charge in [0.05, 0.1) is 0 Å². The molecule has 6 heteroatoms. The van der Waals surface area contributed by atoms with E-state index in [0.717, 1.165) is 18.8 Å². The maximum atomic E-state index is 13.1. The molecule has 2 aromatic rings. The lowest BCUT2D eigenvalue weighted by Crippen LogP contribution is -2.37. The molecule has 2 fully saturated rings. The minimum Gasteiger partial charge on any atom is -0.338 e. The summed E-state index contributed by atoms with van der Waals surface area (Å²) < 4.78 is 1.55. The molecule has 0 spiro atoms. The Hall–Kier alpha value is -2.11. The highest BCUT2D eigenvalue weighted by atomic mass is 35.5. The Kier molecular flexibility index (Phi) is 5.69. The van der Waals surface area contributed by atoms with E-state index in [0.29, 0.717) is 24.4 Å². The second-order valence-corrected chi connectivity index (χ2v) is 8.13. The standard InChI is InChI=1S/C22H27N3O2.ClH/c1-14-7-5-6-8-17(14)20-19-13-25(12-16(19)11-23(20)3)22(27)18-10-9-15(2)24(4)21(18)26;/h5-10,16,19-20H,11-13H2,1-4H3;1H/t16-,19+,20+;/m0./s1. The highest BCUT2D eigenvalue weighted by Gasteiger charge is 2.47. The number of nitrogens with zero attached hydrogens (tertiary/aromatic N) is 3. The number of pyridine rings is 1. The Balaban J connectivity index is 0.00000225. The van der Waals surface area contributed by atoms with Crippen LogP contribution in [0.2, 0.25) is 0 Å². The first-order valence-corrected chi connectivity index (χ1v) is 9.60. The van der Waals surface area contributed by atoms with Gasteiger partial charge in [-0.3, -0.25) is 14.5 Å². The summed E-state index contributed by atoms with van der Waals surface area (Å²) in [5.74, 6) is 0.739. The Morgan fingerprint density at radius 1 is 1.00 bits per heavy atom. The third-order valence-corrected chi connectivity index (χ3v) is 6.47. The van der Waals surface area contributed by atoms with Crippen LogP contribution < -0.4 is 5.56 Å². The predicted molar refractivity (Wildman–Crippen MR) is 113 cm³/mol. The summed E-state index contributed by atoms with van der Waals surface area (Å²) >= 11 is 0. The van der Waals surface area contributed by atoms with Gasteiger partial charge in [0.1, 0.15) is 5.56 Å². The van der Waals surface area contributed by atoms with Gasteiger partial charge in [0.2, 0.25) is 0 Å². The number of aromatic nitrogens is 1. The van der Waals surface area contributed by atoms with Gasteiger partial charge in [-0.05, 0) is 50.1 Å². The molecule has 150 valence electrons. The van der Waals surface area contributed by atoms with E-state index in [-0.39, 0.29) is 29.4 Å². The van der Waals surface area contributed by atoms with Gasteiger partial charge in [-0.25, -0.2) is 0 Å². The summed E-state index contributed by atoms with van der Waals surface area (Å²) in [6.45, 7) is 6.46. The largest absolute Gasteiger partial charge is 0.338 e. The number of hydrogen-bond acceptors (Lipinski definition) is 3. The van der Waals surface area contributed by atoms with E-state index in [1.165, 1.54) is 11.1 Å². The van der Waals surface area contributed by atoms with Crippen molar-refractivity contribution < 1.29 is 4.79 Å². The molecule has 3 atom stereocenters. The van der Waals surface area contributed by atoms with Crippen molar-refractivity contribution in [3.8, 4) is 0 Å². The molecule has 2 saturated heterocycles. The molecule has 0 aliphatic carbocycles. The molecule has 1 amide bonds. The van der Waals surface area contributed by atoms with Gasteiger partial charge in [-0.2, -0.15) is 0 Å². The van der Waals surface area contributed by atoms with Crippen molar-refractivity contribution in [1.29, 1.82) is 0 Å². The zero-order chi connectivity index (χ0) is 19.3. The lowest BCUT2D eigenvalue weighted by Gasteiger charge is -2.28. The number of halogens is 1. The van der Waals surface area contributed by atoms with Crippen molar-refractivity contribution in [1.82, 2.24) is 14.4 Å². The fraction of sp³-hybridized carbons (Fsp3) is 0.455. The van der Waals surface area contributed by atoms with E-state index < -0.39 is 0 Å². The Morgan fingerprint density at radius 3 is 2.43 bits per heavy atom. The summed E-state index contributed by atoms with van der Waals surface area (Å²) in [5, 5.41) is 0. The van der Waals surface area contributed by atoms with E-state index in [4.69, 9.17) is 0 Å². The van der Waals surface area contributed by atoms with Crippen molar-refractivity contribution >= 4 is 18.3 Å². The van der Waals surface area contributed by atoms with Crippen LogP contribution in [0.3, 0.4) is 0 Å². The van der Waals surface area contributed by atoms with Gasteiger partial charge in [0.15, 0.2) is 0 Å². The highest BCUT2D eigenvalue weighted by Crippen LogP contribution is 2.44. The van der Waals surface area contributed by atoms with Gasteiger partial charge < -0.3 is 9.47 Å². The molecule has 1 aromatic carbocycles. The molecule has 5 nitrogen and oxygen atoms in total. The van der Waals surface area contributed by atoms with E-state index in [1.54, 1.807) is 17.7 Å². The van der Waals surface area contributed by atoms with E-state index >= 15 is 0 Å². The molecule has 4 rings (SSSR count). The van der Waals surface area contributed by atoms with Crippen LogP contribution in [-0.2, 0) is 7.05 Å². The van der Waals surface area contributed by atoms with E-state index in [9.17, 15) is 9.59 Å². The van der Waals surface area contributed by atoms with Crippen LogP contribution in [0.15, 0.2) is 41.2 Å². The average Bonchev–Trinajstić information content (AvgIpc) is 3.17.